The molecule has 0 amide bonds. The van der Waals surface area contributed by atoms with Gasteiger partial charge in [-0.25, -0.2) is 4.98 Å². The van der Waals surface area contributed by atoms with Crippen LogP contribution in [0.25, 0.3) is 10.9 Å². The number of benzene rings is 1. The Hall–Kier alpha value is -2.07. The van der Waals surface area contributed by atoms with Gasteiger partial charge in [0.15, 0.2) is 0 Å². The highest BCUT2D eigenvalue weighted by atomic mass is 35.5. The van der Waals surface area contributed by atoms with Crippen LogP contribution < -0.4 is 16.2 Å². The smallest absolute Gasteiger partial charge is 0.268 e. The molecule has 2 saturated heterocycles. The van der Waals surface area contributed by atoms with Crippen molar-refractivity contribution >= 4 is 40.2 Å². The van der Waals surface area contributed by atoms with Crippen LogP contribution in [-0.4, -0.2) is 51.7 Å². The van der Waals surface area contributed by atoms with Crippen LogP contribution in [0.3, 0.4) is 0 Å². The Bertz CT molecular complexity index is 1200. The number of aromatic nitrogens is 4. The molecule has 3 aromatic rings. The maximum Gasteiger partial charge on any atom is 0.268 e. The maximum atomic E-state index is 13.1. The minimum atomic E-state index is -0.0847. The molecule has 4 heterocycles. The Morgan fingerprint density at radius 1 is 1.26 bits per heavy atom. The third kappa shape index (κ3) is 3.53. The van der Waals surface area contributed by atoms with Crippen molar-refractivity contribution in [2.75, 3.05) is 31.2 Å². The summed E-state index contributed by atoms with van der Waals surface area (Å²) in [5.74, 6) is 0.686. The van der Waals surface area contributed by atoms with Gasteiger partial charge in [-0.1, -0.05) is 23.4 Å². The van der Waals surface area contributed by atoms with Gasteiger partial charge < -0.3 is 15.4 Å². The number of anilines is 1. The lowest BCUT2D eigenvalue weighted by Crippen LogP contribution is -2.50. The van der Waals surface area contributed by atoms with E-state index in [-0.39, 0.29) is 17.0 Å². The molecule has 1 atom stereocenters. The number of ether oxygens (including phenoxy) is 1. The van der Waals surface area contributed by atoms with Crippen LogP contribution >= 0.6 is 23.4 Å². The SMILES string of the molecule is Cn1cc2c(Cl)c(Sc3cnc(N4CCC5(CC4)COC[C@H]5N)n(C)c3=O)ccc2n1. The lowest BCUT2D eigenvalue weighted by molar-refractivity contribution is 0.131. The Morgan fingerprint density at radius 3 is 2.74 bits per heavy atom. The molecular weight excluding hydrogens is 436 g/mol. The minimum absolute atomic E-state index is 0.0623. The first-order valence-electron chi connectivity index (χ1n) is 10.3. The number of aryl methyl sites for hydroxylation is 1. The lowest BCUT2D eigenvalue weighted by atomic mass is 9.75. The quantitative estimate of drug-likeness (QED) is 0.641. The topological polar surface area (TPSA) is 91.2 Å². The number of hydrogen-bond donors (Lipinski definition) is 1. The molecular formula is C21H25ClN6O2S. The number of halogens is 1. The summed E-state index contributed by atoms with van der Waals surface area (Å²) in [5.41, 5.74) is 7.10. The van der Waals surface area contributed by atoms with Crippen molar-refractivity contribution in [2.45, 2.75) is 28.7 Å². The van der Waals surface area contributed by atoms with E-state index < -0.39 is 0 Å². The molecule has 0 unspecified atom stereocenters. The number of fused-ring (bicyclic) bond motifs is 1. The monoisotopic (exact) mass is 460 g/mol. The first-order valence-corrected chi connectivity index (χ1v) is 11.5. The van der Waals surface area contributed by atoms with E-state index in [2.05, 4.69) is 15.0 Å². The Balaban J connectivity index is 1.38. The predicted molar refractivity (Wildman–Crippen MR) is 122 cm³/mol. The van der Waals surface area contributed by atoms with E-state index in [9.17, 15) is 4.79 Å². The molecule has 0 aliphatic carbocycles. The fourth-order valence-corrected chi connectivity index (χ4v) is 5.80. The van der Waals surface area contributed by atoms with Gasteiger partial charge in [0.1, 0.15) is 0 Å². The van der Waals surface area contributed by atoms with Gasteiger partial charge >= 0.3 is 0 Å². The molecule has 0 bridgehead atoms. The standard InChI is InChI=1S/C21H25ClN6O2S/c1-26-10-13-14(25-26)3-4-15(18(13)22)31-16-9-24-20(27(2)19(16)29)28-7-5-21(6-8-28)12-30-11-17(21)23/h3-4,9-10,17H,5-8,11-12,23H2,1-2H3/t17-/m1/s1. The molecule has 2 aliphatic rings. The predicted octanol–water partition coefficient (Wildman–Crippen LogP) is 2.42. The van der Waals surface area contributed by atoms with Crippen molar-refractivity contribution in [1.82, 2.24) is 19.3 Å². The molecule has 0 radical (unpaired) electrons. The van der Waals surface area contributed by atoms with Crippen LogP contribution in [0.4, 0.5) is 5.95 Å². The van der Waals surface area contributed by atoms with E-state index in [1.54, 1.807) is 22.5 Å². The van der Waals surface area contributed by atoms with Crippen molar-refractivity contribution in [2.24, 2.45) is 25.2 Å². The van der Waals surface area contributed by atoms with E-state index in [1.807, 2.05) is 25.4 Å². The highest BCUT2D eigenvalue weighted by Crippen LogP contribution is 2.40. The van der Waals surface area contributed by atoms with E-state index in [0.29, 0.717) is 22.5 Å². The molecule has 1 spiro atoms. The second-order valence-electron chi connectivity index (χ2n) is 8.47. The second kappa shape index (κ2) is 7.81. The van der Waals surface area contributed by atoms with Gasteiger partial charge in [0, 0.05) is 55.1 Å². The zero-order valence-corrected chi connectivity index (χ0v) is 19.1. The largest absolute Gasteiger partial charge is 0.379 e. The summed E-state index contributed by atoms with van der Waals surface area (Å²) in [6.45, 7) is 2.99. The van der Waals surface area contributed by atoms with Crippen molar-refractivity contribution in [3.8, 4) is 0 Å². The molecule has 5 rings (SSSR count). The molecule has 8 nitrogen and oxygen atoms in total. The van der Waals surface area contributed by atoms with Gasteiger partial charge in [0.05, 0.1) is 34.8 Å². The second-order valence-corrected chi connectivity index (χ2v) is 9.93. The van der Waals surface area contributed by atoms with Crippen molar-refractivity contribution in [3.63, 3.8) is 0 Å². The highest BCUT2D eigenvalue weighted by molar-refractivity contribution is 7.99. The van der Waals surface area contributed by atoms with Crippen LogP contribution in [0.2, 0.25) is 5.02 Å². The van der Waals surface area contributed by atoms with Crippen LogP contribution in [-0.2, 0) is 18.8 Å². The normalized spacial score (nSPS) is 20.8. The van der Waals surface area contributed by atoms with E-state index in [4.69, 9.17) is 22.1 Å². The Labute approximate surface area is 189 Å². The zero-order valence-electron chi connectivity index (χ0n) is 17.5. The molecule has 10 heteroatoms. The van der Waals surface area contributed by atoms with Gasteiger partial charge in [0.2, 0.25) is 5.95 Å². The van der Waals surface area contributed by atoms with Crippen molar-refractivity contribution in [3.05, 3.63) is 39.9 Å². The summed E-state index contributed by atoms with van der Waals surface area (Å²) in [6, 6.07) is 3.90. The first-order chi connectivity index (χ1) is 14.9. The van der Waals surface area contributed by atoms with Gasteiger partial charge in [-0.15, -0.1) is 0 Å². The van der Waals surface area contributed by atoms with E-state index in [1.165, 1.54) is 11.8 Å². The first kappa shape index (κ1) is 20.8. The maximum absolute atomic E-state index is 13.1. The molecule has 164 valence electrons. The molecule has 2 aliphatic heterocycles. The number of nitrogens with zero attached hydrogens (tertiary/aromatic N) is 5. The van der Waals surface area contributed by atoms with Crippen LogP contribution in [0.15, 0.2) is 39.1 Å². The van der Waals surface area contributed by atoms with Gasteiger partial charge in [-0.05, 0) is 25.0 Å². The van der Waals surface area contributed by atoms with Gasteiger partial charge in [-0.3, -0.25) is 14.0 Å². The summed E-state index contributed by atoms with van der Waals surface area (Å²) >= 11 is 7.92. The number of piperidine rings is 1. The van der Waals surface area contributed by atoms with E-state index in [0.717, 1.165) is 48.3 Å². The molecule has 0 saturated carbocycles. The Kier molecular flexibility index (Phi) is 5.24. The van der Waals surface area contributed by atoms with Crippen LogP contribution in [0.5, 0.6) is 0 Å². The van der Waals surface area contributed by atoms with E-state index >= 15 is 0 Å². The lowest BCUT2D eigenvalue weighted by Gasteiger charge is -2.41. The third-order valence-electron chi connectivity index (χ3n) is 6.55. The summed E-state index contributed by atoms with van der Waals surface area (Å²) in [4.78, 5) is 21.2. The summed E-state index contributed by atoms with van der Waals surface area (Å²) in [7, 11) is 3.63. The number of hydrogen-bond acceptors (Lipinski definition) is 7. The highest BCUT2D eigenvalue weighted by Gasteiger charge is 2.44. The number of rotatable bonds is 3. The summed E-state index contributed by atoms with van der Waals surface area (Å²) < 4.78 is 8.97. The van der Waals surface area contributed by atoms with Crippen LogP contribution in [0.1, 0.15) is 12.8 Å². The number of nitrogens with two attached hydrogens (primary N) is 1. The minimum Gasteiger partial charge on any atom is -0.379 e. The summed E-state index contributed by atoms with van der Waals surface area (Å²) in [5, 5.41) is 5.83. The molecule has 1 aromatic carbocycles. The fourth-order valence-electron chi connectivity index (χ4n) is 4.57. The fraction of sp³-hybridized carbons (Fsp3) is 0.476. The summed E-state index contributed by atoms with van der Waals surface area (Å²) in [6.07, 6.45) is 5.43. The van der Waals surface area contributed by atoms with Crippen molar-refractivity contribution in [1.29, 1.82) is 0 Å². The van der Waals surface area contributed by atoms with Crippen molar-refractivity contribution < 1.29 is 4.74 Å². The molecule has 31 heavy (non-hydrogen) atoms. The molecule has 2 fully saturated rings. The Morgan fingerprint density at radius 2 is 2.03 bits per heavy atom. The van der Waals surface area contributed by atoms with Gasteiger partial charge in [-0.2, -0.15) is 5.10 Å². The average molecular weight is 461 g/mol. The molecule has 2 aromatic heterocycles. The molecule has 2 N–H and O–H groups in total. The zero-order chi connectivity index (χ0) is 21.8. The average Bonchev–Trinajstić information content (AvgIpc) is 3.31. The third-order valence-corrected chi connectivity index (χ3v) is 8.13. The van der Waals surface area contributed by atoms with Crippen LogP contribution in [0, 0.1) is 5.41 Å². The van der Waals surface area contributed by atoms with Gasteiger partial charge in [0.25, 0.3) is 5.56 Å².